The largest absolute Gasteiger partial charge is 0.384 e. The average molecular weight is 281 g/mol. The first-order chi connectivity index (χ1) is 9.04. The second-order valence-electron chi connectivity index (χ2n) is 4.93. The molecular weight excluding hydrogens is 263 g/mol. The maximum absolute atomic E-state index is 14.0. The van der Waals surface area contributed by atoms with Crippen molar-refractivity contribution >= 4 is 28.2 Å². The molecule has 1 N–H and O–H groups in total. The predicted molar refractivity (Wildman–Crippen MR) is 79.6 cm³/mol. The molecule has 0 atom stereocenters. The Labute approximate surface area is 118 Å². The zero-order valence-corrected chi connectivity index (χ0v) is 12.2. The third-order valence-corrected chi connectivity index (χ3v) is 3.35. The van der Waals surface area contributed by atoms with Crippen molar-refractivity contribution in [1.29, 1.82) is 0 Å². The summed E-state index contributed by atoms with van der Waals surface area (Å²) in [6.07, 6.45) is 0.994. The van der Waals surface area contributed by atoms with Gasteiger partial charge in [-0.15, -0.1) is 0 Å². The molecule has 2 aromatic rings. The van der Waals surface area contributed by atoms with Gasteiger partial charge in [0.15, 0.2) is 0 Å². The molecule has 0 saturated carbocycles. The van der Waals surface area contributed by atoms with Crippen LogP contribution in [0.1, 0.15) is 38.8 Å². The number of hydrogen-bond donors (Lipinski definition) is 1. The number of fused-ring (bicyclic) bond motifs is 1. The minimum Gasteiger partial charge on any atom is -0.384 e. The second kappa shape index (κ2) is 5.74. The Morgan fingerprint density at radius 2 is 2.11 bits per heavy atom. The Morgan fingerprint density at radius 3 is 2.74 bits per heavy atom. The van der Waals surface area contributed by atoms with Crippen molar-refractivity contribution in [3.8, 4) is 0 Å². The highest BCUT2D eigenvalue weighted by atomic mass is 35.5. The fraction of sp³-hybridized carbons (Fsp3) is 0.400. The highest BCUT2D eigenvalue weighted by Gasteiger charge is 2.14. The van der Waals surface area contributed by atoms with Gasteiger partial charge < -0.3 is 5.32 Å². The van der Waals surface area contributed by atoms with Crippen molar-refractivity contribution in [2.24, 2.45) is 0 Å². The van der Waals surface area contributed by atoms with Gasteiger partial charge >= 0.3 is 0 Å². The van der Waals surface area contributed by atoms with Crippen molar-refractivity contribution in [1.82, 2.24) is 4.98 Å². The van der Waals surface area contributed by atoms with Crippen LogP contribution in [0.3, 0.4) is 0 Å². The lowest BCUT2D eigenvalue weighted by atomic mass is 10.1. The normalized spacial score (nSPS) is 11.3. The standard InChI is InChI=1S/C15H18ClFN2/c1-4-7-18-13-8-12(9(2)3)19-15-11(17)6-5-10(16)14(13)15/h5-6,8-9H,4,7H2,1-3H3,(H,18,19). The molecule has 102 valence electrons. The summed E-state index contributed by atoms with van der Waals surface area (Å²) in [4.78, 5) is 4.40. The smallest absolute Gasteiger partial charge is 0.149 e. The molecule has 19 heavy (non-hydrogen) atoms. The molecule has 0 radical (unpaired) electrons. The van der Waals surface area contributed by atoms with E-state index in [2.05, 4.69) is 17.2 Å². The maximum atomic E-state index is 14.0. The van der Waals surface area contributed by atoms with E-state index in [-0.39, 0.29) is 11.7 Å². The van der Waals surface area contributed by atoms with E-state index in [4.69, 9.17) is 11.6 Å². The molecule has 0 aliphatic rings. The predicted octanol–water partition coefficient (Wildman–Crippen LogP) is 4.97. The van der Waals surface area contributed by atoms with Crippen molar-refractivity contribution in [3.05, 3.63) is 34.7 Å². The van der Waals surface area contributed by atoms with Gasteiger partial charge in [-0.05, 0) is 30.5 Å². The number of benzene rings is 1. The van der Waals surface area contributed by atoms with Gasteiger partial charge in [0.1, 0.15) is 11.3 Å². The van der Waals surface area contributed by atoms with E-state index in [0.717, 1.165) is 24.3 Å². The van der Waals surface area contributed by atoms with Crippen molar-refractivity contribution in [3.63, 3.8) is 0 Å². The first-order valence-electron chi connectivity index (χ1n) is 6.57. The molecule has 0 bridgehead atoms. The third kappa shape index (κ3) is 2.81. The number of halogens is 2. The van der Waals surface area contributed by atoms with Gasteiger partial charge in [0.2, 0.25) is 0 Å². The van der Waals surface area contributed by atoms with Gasteiger partial charge in [-0.2, -0.15) is 0 Å². The number of rotatable bonds is 4. The van der Waals surface area contributed by atoms with Gasteiger partial charge in [0.05, 0.1) is 5.02 Å². The second-order valence-corrected chi connectivity index (χ2v) is 5.34. The molecule has 1 aromatic carbocycles. The zero-order chi connectivity index (χ0) is 14.0. The lowest BCUT2D eigenvalue weighted by Gasteiger charge is -2.14. The minimum atomic E-state index is -0.332. The molecule has 1 aromatic heterocycles. The summed E-state index contributed by atoms with van der Waals surface area (Å²) in [5.74, 6) is -0.0913. The Balaban J connectivity index is 2.70. The summed E-state index contributed by atoms with van der Waals surface area (Å²) in [6.45, 7) is 6.99. The topological polar surface area (TPSA) is 24.9 Å². The van der Waals surface area contributed by atoms with Crippen LogP contribution in [0, 0.1) is 5.82 Å². The van der Waals surface area contributed by atoms with Gasteiger partial charge in [0, 0.05) is 23.3 Å². The molecule has 2 rings (SSSR count). The summed E-state index contributed by atoms with van der Waals surface area (Å²) in [7, 11) is 0. The van der Waals surface area contributed by atoms with Gasteiger partial charge in [-0.3, -0.25) is 0 Å². The van der Waals surface area contributed by atoms with E-state index in [9.17, 15) is 4.39 Å². The highest BCUT2D eigenvalue weighted by molar-refractivity contribution is 6.36. The zero-order valence-electron chi connectivity index (χ0n) is 11.4. The third-order valence-electron chi connectivity index (χ3n) is 3.04. The van der Waals surface area contributed by atoms with Crippen LogP contribution >= 0.6 is 11.6 Å². The van der Waals surface area contributed by atoms with Crippen molar-refractivity contribution < 1.29 is 4.39 Å². The lowest BCUT2D eigenvalue weighted by molar-refractivity contribution is 0.635. The summed E-state index contributed by atoms with van der Waals surface area (Å²) < 4.78 is 14.0. The van der Waals surface area contributed by atoms with Crippen LogP contribution in [-0.4, -0.2) is 11.5 Å². The van der Waals surface area contributed by atoms with Crippen molar-refractivity contribution in [2.45, 2.75) is 33.1 Å². The van der Waals surface area contributed by atoms with Crippen LogP contribution in [0.4, 0.5) is 10.1 Å². The van der Waals surface area contributed by atoms with Crippen molar-refractivity contribution in [2.75, 3.05) is 11.9 Å². The van der Waals surface area contributed by atoms with Crippen LogP contribution in [0.15, 0.2) is 18.2 Å². The molecule has 0 unspecified atom stereocenters. The Hall–Kier alpha value is -1.35. The van der Waals surface area contributed by atoms with E-state index in [1.165, 1.54) is 6.07 Å². The summed E-state index contributed by atoms with van der Waals surface area (Å²) >= 11 is 6.20. The molecule has 0 aliphatic carbocycles. The molecule has 2 nitrogen and oxygen atoms in total. The first-order valence-corrected chi connectivity index (χ1v) is 6.95. The summed E-state index contributed by atoms with van der Waals surface area (Å²) in [6, 6.07) is 4.91. The number of hydrogen-bond acceptors (Lipinski definition) is 2. The monoisotopic (exact) mass is 280 g/mol. The van der Waals surface area contributed by atoms with E-state index >= 15 is 0 Å². The minimum absolute atomic E-state index is 0.241. The van der Waals surface area contributed by atoms with Crippen LogP contribution in [0.5, 0.6) is 0 Å². The number of pyridine rings is 1. The van der Waals surface area contributed by atoms with E-state index < -0.39 is 0 Å². The van der Waals surface area contributed by atoms with Crippen LogP contribution in [-0.2, 0) is 0 Å². The molecule has 0 aliphatic heterocycles. The fourth-order valence-electron chi connectivity index (χ4n) is 1.98. The average Bonchev–Trinajstić information content (AvgIpc) is 2.39. The number of nitrogens with one attached hydrogen (secondary N) is 1. The lowest BCUT2D eigenvalue weighted by Crippen LogP contribution is -2.04. The van der Waals surface area contributed by atoms with Gasteiger partial charge in [-0.1, -0.05) is 32.4 Å². The summed E-state index contributed by atoms with van der Waals surface area (Å²) in [5, 5.41) is 4.50. The molecule has 0 amide bonds. The van der Waals surface area contributed by atoms with E-state index in [1.807, 2.05) is 19.9 Å². The van der Waals surface area contributed by atoms with Crippen LogP contribution in [0.2, 0.25) is 5.02 Å². The molecular formula is C15H18ClFN2. The number of nitrogens with zero attached hydrogens (tertiary/aromatic N) is 1. The molecule has 4 heteroatoms. The fourth-order valence-corrected chi connectivity index (χ4v) is 2.24. The molecule has 0 saturated heterocycles. The number of aromatic nitrogens is 1. The Kier molecular flexibility index (Phi) is 4.25. The first kappa shape index (κ1) is 14.1. The van der Waals surface area contributed by atoms with E-state index in [0.29, 0.717) is 15.9 Å². The van der Waals surface area contributed by atoms with Crippen LogP contribution < -0.4 is 5.32 Å². The van der Waals surface area contributed by atoms with E-state index in [1.54, 1.807) is 6.07 Å². The van der Waals surface area contributed by atoms with Crippen LogP contribution in [0.25, 0.3) is 10.9 Å². The quantitative estimate of drug-likeness (QED) is 0.855. The molecule has 0 fully saturated rings. The highest BCUT2D eigenvalue weighted by Crippen LogP contribution is 2.33. The molecule has 1 heterocycles. The summed E-state index contributed by atoms with van der Waals surface area (Å²) in [5.41, 5.74) is 2.07. The Morgan fingerprint density at radius 1 is 1.37 bits per heavy atom. The SMILES string of the molecule is CCCNc1cc(C(C)C)nc2c(F)ccc(Cl)c12. The Bertz CT molecular complexity index is 596. The van der Waals surface area contributed by atoms with Gasteiger partial charge in [0.25, 0.3) is 0 Å². The molecule has 0 spiro atoms. The maximum Gasteiger partial charge on any atom is 0.149 e. The van der Waals surface area contributed by atoms with Gasteiger partial charge in [-0.25, -0.2) is 9.37 Å². The number of anilines is 1.